The Bertz CT molecular complexity index is 208. The second kappa shape index (κ2) is 2.62. The number of hydrogen-bond acceptors (Lipinski definition) is 2. The highest BCUT2D eigenvalue weighted by molar-refractivity contribution is 5.82. The molecule has 0 saturated carbocycles. The van der Waals surface area contributed by atoms with Crippen molar-refractivity contribution in [3.63, 3.8) is 0 Å². The first-order valence-corrected chi connectivity index (χ1v) is 3.63. The van der Waals surface area contributed by atoms with Crippen molar-refractivity contribution >= 4 is 5.78 Å². The summed E-state index contributed by atoms with van der Waals surface area (Å²) in [7, 11) is 0. The van der Waals surface area contributed by atoms with Gasteiger partial charge in [-0.1, -0.05) is 24.3 Å². The van der Waals surface area contributed by atoms with Crippen LogP contribution in [-0.4, -0.2) is 16.5 Å². The number of aliphatic hydroxyl groups is 1. The minimum atomic E-state index is -0.869. The van der Waals surface area contributed by atoms with Gasteiger partial charge >= 0.3 is 0 Å². The number of hydrogen-bond donors (Lipinski definition) is 1. The van der Waals surface area contributed by atoms with Gasteiger partial charge in [0.25, 0.3) is 0 Å². The summed E-state index contributed by atoms with van der Waals surface area (Å²) in [6.07, 6.45) is 6.72. The quantitative estimate of drug-likeness (QED) is 0.570. The van der Waals surface area contributed by atoms with E-state index in [9.17, 15) is 9.90 Å². The fraction of sp³-hybridized carbons (Fsp3) is 0.444. The zero-order chi connectivity index (χ0) is 8.48. The molecule has 0 bridgehead atoms. The topological polar surface area (TPSA) is 37.3 Å². The lowest BCUT2D eigenvalue weighted by Gasteiger charge is -2.19. The van der Waals surface area contributed by atoms with Gasteiger partial charge in [-0.05, 0) is 13.8 Å². The zero-order valence-corrected chi connectivity index (χ0v) is 6.74. The summed E-state index contributed by atoms with van der Waals surface area (Å²) in [5.41, 5.74) is -0.869. The lowest BCUT2D eigenvalue weighted by molar-refractivity contribution is -0.118. The lowest BCUT2D eigenvalue weighted by atomic mass is 9.92. The molecule has 11 heavy (non-hydrogen) atoms. The van der Waals surface area contributed by atoms with Crippen molar-refractivity contribution in [3.05, 3.63) is 24.3 Å². The maximum absolute atomic E-state index is 10.8. The summed E-state index contributed by atoms with van der Waals surface area (Å²) >= 11 is 0. The third-order valence-corrected chi connectivity index (χ3v) is 1.75. The van der Waals surface area contributed by atoms with Gasteiger partial charge < -0.3 is 5.11 Å². The molecule has 0 saturated heterocycles. The second-order valence-electron chi connectivity index (χ2n) is 3.08. The number of allylic oxidation sites excluding steroid dienone is 2. The van der Waals surface area contributed by atoms with Gasteiger partial charge in [0.05, 0.1) is 11.5 Å². The van der Waals surface area contributed by atoms with E-state index < -0.39 is 5.60 Å². The minimum Gasteiger partial charge on any atom is -0.382 e. The Kier molecular flexibility index (Phi) is 1.96. The molecule has 1 aliphatic rings. The van der Waals surface area contributed by atoms with E-state index in [1.165, 1.54) is 0 Å². The van der Waals surface area contributed by atoms with Crippen molar-refractivity contribution in [1.82, 2.24) is 0 Å². The van der Waals surface area contributed by atoms with Crippen LogP contribution in [0.1, 0.15) is 13.8 Å². The van der Waals surface area contributed by atoms with E-state index >= 15 is 0 Å². The number of rotatable bonds is 1. The van der Waals surface area contributed by atoms with Gasteiger partial charge in [-0.3, -0.25) is 4.79 Å². The first kappa shape index (κ1) is 8.21. The van der Waals surface area contributed by atoms with Crippen molar-refractivity contribution in [2.45, 2.75) is 19.4 Å². The molecule has 0 aliphatic heterocycles. The third kappa shape index (κ3) is 2.02. The maximum atomic E-state index is 10.8. The van der Waals surface area contributed by atoms with E-state index in [0.717, 1.165) is 0 Å². The fourth-order valence-electron chi connectivity index (χ4n) is 0.988. The number of Topliss-reactive ketones (excluding diaryl/α,β-unsaturated/α-hetero) is 1. The first-order valence-electron chi connectivity index (χ1n) is 3.63. The van der Waals surface area contributed by atoms with Crippen molar-refractivity contribution in [1.29, 1.82) is 0 Å². The summed E-state index contributed by atoms with van der Waals surface area (Å²) in [4.78, 5) is 10.8. The lowest BCUT2D eigenvalue weighted by Crippen LogP contribution is -2.22. The molecule has 0 spiro atoms. The predicted molar refractivity (Wildman–Crippen MR) is 43.1 cm³/mol. The second-order valence-corrected chi connectivity index (χ2v) is 3.08. The molecule has 1 N–H and O–H groups in total. The van der Waals surface area contributed by atoms with Gasteiger partial charge in [-0.2, -0.15) is 0 Å². The van der Waals surface area contributed by atoms with Crippen LogP contribution in [0.25, 0.3) is 0 Å². The standard InChI is InChI=1S/C9H12O2/c1-7(10)8-3-5-9(2,11)6-4-8/h3-6,8,11H,1-2H3. The average molecular weight is 152 g/mol. The van der Waals surface area contributed by atoms with Crippen LogP contribution >= 0.6 is 0 Å². The highest BCUT2D eigenvalue weighted by Crippen LogP contribution is 2.18. The number of carbonyl (C=O) groups excluding carboxylic acids is 1. The summed E-state index contributed by atoms with van der Waals surface area (Å²) in [5, 5.41) is 9.39. The molecule has 0 amide bonds. The number of ketones is 1. The van der Waals surface area contributed by atoms with Gasteiger partial charge in [0.2, 0.25) is 0 Å². The zero-order valence-electron chi connectivity index (χ0n) is 6.74. The van der Waals surface area contributed by atoms with Crippen LogP contribution in [0.4, 0.5) is 0 Å². The molecule has 0 atom stereocenters. The molecular weight excluding hydrogens is 140 g/mol. The summed E-state index contributed by atoms with van der Waals surface area (Å²) < 4.78 is 0. The molecule has 0 aromatic carbocycles. The van der Waals surface area contributed by atoms with Crippen molar-refractivity contribution in [2.24, 2.45) is 5.92 Å². The summed E-state index contributed by atoms with van der Waals surface area (Å²) in [6, 6.07) is 0. The van der Waals surface area contributed by atoms with Gasteiger partial charge in [0.1, 0.15) is 5.78 Å². The van der Waals surface area contributed by atoms with Crippen molar-refractivity contribution in [2.75, 3.05) is 0 Å². The predicted octanol–water partition coefficient (Wildman–Crippen LogP) is 1.07. The molecule has 0 heterocycles. The van der Waals surface area contributed by atoms with Crippen molar-refractivity contribution in [3.8, 4) is 0 Å². The van der Waals surface area contributed by atoms with Gasteiger partial charge in [0, 0.05) is 0 Å². The maximum Gasteiger partial charge on any atom is 0.140 e. The monoisotopic (exact) mass is 152 g/mol. The largest absolute Gasteiger partial charge is 0.382 e. The summed E-state index contributed by atoms with van der Waals surface area (Å²) in [5.74, 6) is -0.0387. The van der Waals surface area contributed by atoms with Crippen LogP contribution in [0.2, 0.25) is 0 Å². The van der Waals surface area contributed by atoms with Crippen LogP contribution in [-0.2, 0) is 4.79 Å². The smallest absolute Gasteiger partial charge is 0.140 e. The Morgan fingerprint density at radius 2 is 1.91 bits per heavy atom. The molecule has 0 fully saturated rings. The normalized spacial score (nSPS) is 35.7. The Morgan fingerprint density at radius 1 is 1.45 bits per heavy atom. The van der Waals surface area contributed by atoms with E-state index in [-0.39, 0.29) is 11.7 Å². The van der Waals surface area contributed by atoms with Gasteiger partial charge in [-0.15, -0.1) is 0 Å². The molecule has 2 heteroatoms. The SMILES string of the molecule is CC(=O)C1C=CC(C)(O)C=C1. The van der Waals surface area contributed by atoms with Crippen LogP contribution in [0, 0.1) is 5.92 Å². The highest BCUT2D eigenvalue weighted by Gasteiger charge is 2.18. The Morgan fingerprint density at radius 3 is 2.27 bits per heavy atom. The summed E-state index contributed by atoms with van der Waals surface area (Å²) in [6.45, 7) is 3.22. The Labute approximate surface area is 66.2 Å². The van der Waals surface area contributed by atoms with Crippen LogP contribution in [0.15, 0.2) is 24.3 Å². The van der Waals surface area contributed by atoms with Crippen LogP contribution < -0.4 is 0 Å². The Balaban J connectivity index is 2.72. The molecule has 0 aromatic heterocycles. The molecule has 0 unspecified atom stereocenters. The van der Waals surface area contributed by atoms with Gasteiger partial charge in [-0.25, -0.2) is 0 Å². The van der Waals surface area contributed by atoms with E-state index in [4.69, 9.17) is 0 Å². The molecule has 1 rings (SSSR count). The highest BCUT2D eigenvalue weighted by atomic mass is 16.3. The molecule has 2 nitrogen and oxygen atoms in total. The molecule has 60 valence electrons. The molecule has 1 aliphatic carbocycles. The molecule has 0 aromatic rings. The van der Waals surface area contributed by atoms with E-state index in [0.29, 0.717) is 0 Å². The van der Waals surface area contributed by atoms with E-state index in [1.54, 1.807) is 38.2 Å². The van der Waals surface area contributed by atoms with E-state index in [1.807, 2.05) is 0 Å². The molecule has 0 radical (unpaired) electrons. The number of carbonyl (C=O) groups is 1. The third-order valence-electron chi connectivity index (χ3n) is 1.75. The average Bonchev–Trinajstić information content (AvgIpc) is 1.86. The Hall–Kier alpha value is -0.890. The van der Waals surface area contributed by atoms with Crippen molar-refractivity contribution < 1.29 is 9.90 Å². The van der Waals surface area contributed by atoms with Crippen LogP contribution in [0.3, 0.4) is 0 Å². The van der Waals surface area contributed by atoms with Crippen LogP contribution in [0.5, 0.6) is 0 Å². The van der Waals surface area contributed by atoms with E-state index in [2.05, 4.69) is 0 Å². The molecular formula is C9H12O2. The first-order chi connectivity index (χ1) is 5.01. The fourth-order valence-corrected chi connectivity index (χ4v) is 0.988. The minimum absolute atomic E-state index is 0.105. The van der Waals surface area contributed by atoms with Gasteiger partial charge in [0.15, 0.2) is 0 Å².